The second-order valence-electron chi connectivity index (χ2n) is 5.26. The number of thioether (sulfide) groups is 1. The number of para-hydroxylation sites is 2. The lowest BCUT2D eigenvalue weighted by Gasteiger charge is -2.19. The predicted molar refractivity (Wildman–Crippen MR) is 87.4 cm³/mol. The van der Waals surface area contributed by atoms with Gasteiger partial charge in [0.1, 0.15) is 5.52 Å². The van der Waals surface area contributed by atoms with Crippen molar-refractivity contribution < 1.29 is 4.42 Å². The van der Waals surface area contributed by atoms with Crippen LogP contribution in [-0.2, 0) is 0 Å². The largest absolute Gasteiger partial charge is 0.431 e. The van der Waals surface area contributed by atoms with Crippen molar-refractivity contribution in [2.45, 2.75) is 30.4 Å². The Kier molecular flexibility index (Phi) is 3.99. The van der Waals surface area contributed by atoms with Crippen molar-refractivity contribution in [3.05, 3.63) is 59.7 Å². The number of nitrogens with zero attached hydrogens (tertiary/aromatic N) is 1. The third-order valence-electron chi connectivity index (χ3n) is 3.39. The van der Waals surface area contributed by atoms with Gasteiger partial charge in [0.2, 0.25) is 0 Å². The third kappa shape index (κ3) is 3.12. The van der Waals surface area contributed by atoms with Gasteiger partial charge < -0.3 is 10.2 Å². The van der Waals surface area contributed by atoms with Crippen molar-refractivity contribution in [2.24, 2.45) is 5.73 Å². The molecule has 3 aromatic rings. The van der Waals surface area contributed by atoms with Crippen molar-refractivity contribution in [1.82, 2.24) is 4.98 Å². The number of aromatic nitrogens is 1. The standard InChI is InChI=1S/C17H18N2OS/c1-11-7-9-13(10-8-11)16(12(2)18)21-17-19-14-5-3-4-6-15(14)20-17/h3-10,12,16H,18H2,1-2H3. The molecular formula is C17H18N2OS. The molecule has 0 spiro atoms. The van der Waals surface area contributed by atoms with Crippen LogP contribution in [0, 0.1) is 6.92 Å². The highest BCUT2D eigenvalue weighted by Gasteiger charge is 2.20. The minimum atomic E-state index is 0.00715. The Morgan fingerprint density at radius 1 is 1.10 bits per heavy atom. The lowest BCUT2D eigenvalue weighted by Crippen LogP contribution is -2.22. The van der Waals surface area contributed by atoms with Crippen LogP contribution in [-0.4, -0.2) is 11.0 Å². The molecule has 0 fully saturated rings. The number of benzene rings is 2. The van der Waals surface area contributed by atoms with Crippen molar-refractivity contribution in [3.8, 4) is 0 Å². The first-order valence-corrected chi connectivity index (χ1v) is 7.86. The maximum Gasteiger partial charge on any atom is 0.257 e. The normalized spacial score (nSPS) is 14.2. The number of hydrogen-bond donors (Lipinski definition) is 1. The Morgan fingerprint density at radius 3 is 2.48 bits per heavy atom. The molecule has 4 heteroatoms. The van der Waals surface area contributed by atoms with E-state index in [0.29, 0.717) is 5.22 Å². The van der Waals surface area contributed by atoms with Crippen LogP contribution in [0.5, 0.6) is 0 Å². The monoisotopic (exact) mass is 298 g/mol. The minimum absolute atomic E-state index is 0.00715. The van der Waals surface area contributed by atoms with Crippen molar-refractivity contribution in [1.29, 1.82) is 0 Å². The van der Waals surface area contributed by atoms with Crippen molar-refractivity contribution >= 4 is 22.9 Å². The zero-order valence-corrected chi connectivity index (χ0v) is 12.9. The molecule has 2 atom stereocenters. The second kappa shape index (κ2) is 5.92. The van der Waals surface area contributed by atoms with Gasteiger partial charge in [-0.15, -0.1) is 0 Å². The molecule has 3 rings (SSSR count). The fourth-order valence-corrected chi connectivity index (χ4v) is 3.26. The summed E-state index contributed by atoms with van der Waals surface area (Å²) in [6.07, 6.45) is 0. The molecule has 0 radical (unpaired) electrons. The number of rotatable bonds is 4. The first kappa shape index (κ1) is 14.2. The van der Waals surface area contributed by atoms with Gasteiger partial charge in [-0.25, -0.2) is 4.98 Å². The second-order valence-corrected chi connectivity index (χ2v) is 6.35. The average molecular weight is 298 g/mol. The van der Waals surface area contributed by atoms with Gasteiger partial charge in [0.25, 0.3) is 5.22 Å². The Hall–Kier alpha value is -1.78. The molecule has 2 unspecified atom stereocenters. The summed E-state index contributed by atoms with van der Waals surface area (Å²) < 4.78 is 5.79. The predicted octanol–water partition coefficient (Wildman–Crippen LogP) is 4.32. The van der Waals surface area contributed by atoms with Crippen molar-refractivity contribution in [3.63, 3.8) is 0 Å². The molecule has 0 amide bonds. The summed E-state index contributed by atoms with van der Waals surface area (Å²) in [7, 11) is 0. The lowest BCUT2D eigenvalue weighted by molar-refractivity contribution is 0.487. The van der Waals surface area contributed by atoms with E-state index in [0.717, 1.165) is 11.1 Å². The summed E-state index contributed by atoms with van der Waals surface area (Å²) in [5.41, 5.74) is 10.3. The van der Waals surface area contributed by atoms with Crippen LogP contribution < -0.4 is 5.73 Å². The summed E-state index contributed by atoms with van der Waals surface area (Å²) in [4.78, 5) is 4.52. The Bertz CT molecular complexity index is 701. The highest BCUT2D eigenvalue weighted by Crippen LogP contribution is 2.37. The Balaban J connectivity index is 1.89. The van der Waals surface area contributed by atoms with Gasteiger partial charge in [0.15, 0.2) is 5.58 Å². The molecule has 21 heavy (non-hydrogen) atoms. The molecule has 0 aliphatic carbocycles. The van der Waals surface area contributed by atoms with Crippen LogP contribution in [0.4, 0.5) is 0 Å². The average Bonchev–Trinajstić information content (AvgIpc) is 2.88. The van der Waals surface area contributed by atoms with Crippen LogP contribution in [0.1, 0.15) is 23.3 Å². The molecule has 0 bridgehead atoms. The zero-order valence-electron chi connectivity index (χ0n) is 12.1. The molecule has 2 N–H and O–H groups in total. The molecule has 3 nitrogen and oxygen atoms in total. The smallest absolute Gasteiger partial charge is 0.257 e. The maximum absolute atomic E-state index is 6.16. The molecule has 1 heterocycles. The first-order chi connectivity index (χ1) is 10.1. The van der Waals surface area contributed by atoms with E-state index in [1.165, 1.54) is 11.1 Å². The summed E-state index contributed by atoms with van der Waals surface area (Å²) in [5, 5.41) is 0.790. The lowest BCUT2D eigenvalue weighted by atomic mass is 10.1. The molecule has 0 saturated carbocycles. The van der Waals surface area contributed by atoms with E-state index in [1.54, 1.807) is 11.8 Å². The number of hydrogen-bond acceptors (Lipinski definition) is 4. The molecular weight excluding hydrogens is 280 g/mol. The Labute approximate surface area is 128 Å². The molecule has 108 valence electrons. The Morgan fingerprint density at radius 2 is 1.81 bits per heavy atom. The molecule has 0 aliphatic rings. The van der Waals surface area contributed by atoms with E-state index in [9.17, 15) is 0 Å². The highest BCUT2D eigenvalue weighted by molar-refractivity contribution is 7.99. The van der Waals surface area contributed by atoms with Crippen LogP contribution in [0.2, 0.25) is 0 Å². The van der Waals surface area contributed by atoms with Gasteiger partial charge in [0.05, 0.1) is 5.25 Å². The summed E-state index contributed by atoms with van der Waals surface area (Å²) >= 11 is 1.58. The van der Waals surface area contributed by atoms with Gasteiger partial charge >= 0.3 is 0 Å². The number of fused-ring (bicyclic) bond motifs is 1. The summed E-state index contributed by atoms with van der Waals surface area (Å²) in [5.74, 6) is 0. The van der Waals surface area contributed by atoms with E-state index in [1.807, 2.05) is 31.2 Å². The highest BCUT2D eigenvalue weighted by atomic mass is 32.2. The minimum Gasteiger partial charge on any atom is -0.431 e. The van der Waals surface area contributed by atoms with E-state index >= 15 is 0 Å². The zero-order chi connectivity index (χ0) is 14.8. The van der Waals surface area contributed by atoms with Gasteiger partial charge in [-0.05, 0) is 31.5 Å². The third-order valence-corrected chi connectivity index (χ3v) is 4.72. The summed E-state index contributed by atoms with van der Waals surface area (Å²) in [6, 6.07) is 16.3. The fraction of sp³-hybridized carbons (Fsp3) is 0.235. The molecule has 2 aromatic carbocycles. The summed E-state index contributed by atoms with van der Waals surface area (Å²) in [6.45, 7) is 4.10. The SMILES string of the molecule is Cc1ccc(C(Sc2nc3ccccc3o2)C(C)N)cc1. The topological polar surface area (TPSA) is 52.0 Å². The molecule has 0 saturated heterocycles. The quantitative estimate of drug-likeness (QED) is 0.729. The fourth-order valence-electron chi connectivity index (χ4n) is 2.25. The van der Waals surface area contributed by atoms with Gasteiger partial charge in [-0.3, -0.25) is 0 Å². The van der Waals surface area contributed by atoms with E-state index in [-0.39, 0.29) is 11.3 Å². The van der Waals surface area contributed by atoms with Gasteiger partial charge in [0, 0.05) is 6.04 Å². The van der Waals surface area contributed by atoms with Gasteiger partial charge in [-0.2, -0.15) is 0 Å². The van der Waals surface area contributed by atoms with Gasteiger partial charge in [-0.1, -0.05) is 53.7 Å². The van der Waals surface area contributed by atoms with E-state index in [2.05, 4.69) is 36.2 Å². The van der Waals surface area contributed by atoms with Crippen LogP contribution in [0.3, 0.4) is 0 Å². The van der Waals surface area contributed by atoms with E-state index < -0.39 is 0 Å². The maximum atomic E-state index is 6.16. The van der Waals surface area contributed by atoms with Crippen molar-refractivity contribution in [2.75, 3.05) is 0 Å². The molecule has 1 aromatic heterocycles. The number of nitrogens with two attached hydrogens (primary N) is 1. The van der Waals surface area contributed by atoms with Crippen LogP contribution in [0.25, 0.3) is 11.1 Å². The van der Waals surface area contributed by atoms with E-state index in [4.69, 9.17) is 10.2 Å². The van der Waals surface area contributed by atoms with Crippen LogP contribution in [0.15, 0.2) is 58.2 Å². The van der Waals surface area contributed by atoms with Crippen LogP contribution >= 0.6 is 11.8 Å². The first-order valence-electron chi connectivity index (χ1n) is 6.98. The number of oxazole rings is 1. The number of aryl methyl sites for hydroxylation is 1. The molecule has 0 aliphatic heterocycles.